The summed E-state index contributed by atoms with van der Waals surface area (Å²) in [4.78, 5) is 21.8. The van der Waals surface area contributed by atoms with Crippen LogP contribution >= 0.6 is 0 Å². The molecular weight excluding hydrogens is 272 g/mol. The molecule has 2 fully saturated rings. The minimum atomic E-state index is -0.966. The summed E-state index contributed by atoms with van der Waals surface area (Å²) in [5.74, 6) is -0.966. The van der Waals surface area contributed by atoms with Crippen molar-refractivity contribution in [3.8, 4) is 0 Å². The van der Waals surface area contributed by atoms with Crippen molar-refractivity contribution >= 4 is 0 Å². The normalized spacial score (nSPS) is 33.2. The van der Waals surface area contributed by atoms with Gasteiger partial charge in [-0.3, -0.25) is 0 Å². The van der Waals surface area contributed by atoms with Crippen molar-refractivity contribution in [1.82, 2.24) is 0 Å². The van der Waals surface area contributed by atoms with E-state index in [1.165, 1.54) is 18.4 Å². The molecule has 1 aliphatic carbocycles. The Hall–Kier alpha value is -0.980. The fraction of sp³-hybridized carbons (Fsp3) is 0.625. The zero-order chi connectivity index (χ0) is 14.5. The summed E-state index contributed by atoms with van der Waals surface area (Å²) in [5.41, 5.74) is 2.11. The quantitative estimate of drug-likeness (QED) is 0.685. The first-order valence-corrected chi connectivity index (χ1v) is 7.55. The molecule has 5 heteroatoms. The molecule has 0 amide bonds. The van der Waals surface area contributed by atoms with Crippen molar-refractivity contribution in [3.05, 3.63) is 35.4 Å². The molecule has 2 bridgehead atoms. The first kappa shape index (κ1) is 13.7. The highest BCUT2D eigenvalue weighted by atomic mass is 17.3. The number of fused-ring (bicyclic) bond motifs is 6. The summed E-state index contributed by atoms with van der Waals surface area (Å²) in [5, 5.41) is 0. The van der Waals surface area contributed by atoms with E-state index in [0.717, 1.165) is 18.4 Å². The van der Waals surface area contributed by atoms with Crippen LogP contribution in [0.3, 0.4) is 0 Å². The molecule has 1 spiro atoms. The van der Waals surface area contributed by atoms with E-state index in [0.29, 0.717) is 0 Å². The second-order valence-corrected chi connectivity index (χ2v) is 6.51. The number of hydrogen-bond acceptors (Lipinski definition) is 5. The zero-order valence-corrected chi connectivity index (χ0v) is 12.3. The summed E-state index contributed by atoms with van der Waals surface area (Å²) in [6, 6.07) is 8.23. The highest BCUT2D eigenvalue weighted by Gasteiger charge is 2.53. The Bertz CT molecular complexity index is 535. The average Bonchev–Trinajstić information content (AvgIpc) is 2.95. The third kappa shape index (κ3) is 2.12. The average molecular weight is 292 g/mol. The van der Waals surface area contributed by atoms with Crippen molar-refractivity contribution in [2.24, 2.45) is 0 Å². The van der Waals surface area contributed by atoms with Gasteiger partial charge in [0.25, 0.3) is 0 Å². The Balaban J connectivity index is 1.81. The van der Waals surface area contributed by atoms with E-state index < -0.39 is 18.4 Å². The summed E-state index contributed by atoms with van der Waals surface area (Å²) in [6.45, 7) is 3.50. The molecule has 2 atom stereocenters. The maximum atomic E-state index is 5.99. The van der Waals surface area contributed by atoms with Crippen molar-refractivity contribution in [2.75, 3.05) is 0 Å². The Morgan fingerprint density at radius 1 is 1.00 bits per heavy atom. The smallest absolute Gasteiger partial charge is 0.228 e. The van der Waals surface area contributed by atoms with E-state index in [1.807, 2.05) is 12.1 Å². The number of ether oxygens (including phenoxy) is 1. The fourth-order valence-electron chi connectivity index (χ4n) is 3.63. The molecular formula is C16H20O5. The summed E-state index contributed by atoms with van der Waals surface area (Å²) < 4.78 is 5.99. The molecule has 0 aromatic heterocycles. The van der Waals surface area contributed by atoms with Gasteiger partial charge in [-0.15, -0.1) is 0 Å². The van der Waals surface area contributed by atoms with Crippen LogP contribution in [0.15, 0.2) is 24.3 Å². The second-order valence-electron chi connectivity index (χ2n) is 6.51. The number of benzene rings is 1. The van der Waals surface area contributed by atoms with Gasteiger partial charge in [-0.1, -0.05) is 37.1 Å². The van der Waals surface area contributed by atoms with Crippen LogP contribution in [-0.2, 0) is 29.7 Å². The maximum Gasteiger partial charge on any atom is 0.228 e. The summed E-state index contributed by atoms with van der Waals surface area (Å²) >= 11 is 0. The van der Waals surface area contributed by atoms with Gasteiger partial charge in [0.05, 0.1) is 0 Å². The predicted molar refractivity (Wildman–Crippen MR) is 72.6 cm³/mol. The molecule has 21 heavy (non-hydrogen) atoms. The van der Waals surface area contributed by atoms with E-state index in [9.17, 15) is 0 Å². The molecule has 2 aliphatic heterocycles. The zero-order valence-electron chi connectivity index (χ0n) is 12.3. The Kier molecular flexibility index (Phi) is 3.10. The predicted octanol–water partition coefficient (Wildman–Crippen LogP) is 3.50. The minimum absolute atomic E-state index is 0.149. The highest BCUT2D eigenvalue weighted by molar-refractivity contribution is 5.38. The van der Waals surface area contributed by atoms with Gasteiger partial charge in [0, 0.05) is 11.0 Å². The van der Waals surface area contributed by atoms with Crippen LogP contribution in [0.5, 0.6) is 0 Å². The van der Waals surface area contributed by atoms with Gasteiger partial charge in [-0.25, -0.2) is 4.89 Å². The molecule has 0 radical (unpaired) electrons. The van der Waals surface area contributed by atoms with Gasteiger partial charge in [-0.05, 0) is 32.3 Å². The van der Waals surface area contributed by atoms with Crippen molar-refractivity contribution in [1.29, 1.82) is 0 Å². The molecule has 1 aromatic rings. The maximum absolute atomic E-state index is 5.99. The van der Waals surface area contributed by atoms with E-state index in [1.54, 1.807) is 13.8 Å². The van der Waals surface area contributed by atoms with Crippen LogP contribution in [-0.4, -0.2) is 12.1 Å². The second kappa shape index (κ2) is 4.76. The molecule has 2 heterocycles. The number of hydrogen-bond donors (Lipinski definition) is 0. The third-order valence-corrected chi connectivity index (χ3v) is 4.62. The van der Waals surface area contributed by atoms with E-state index in [4.69, 9.17) is 24.3 Å². The van der Waals surface area contributed by atoms with Crippen molar-refractivity contribution in [2.45, 2.75) is 63.3 Å². The van der Waals surface area contributed by atoms with Crippen LogP contribution < -0.4 is 0 Å². The van der Waals surface area contributed by atoms with Gasteiger partial charge in [0.1, 0.15) is 0 Å². The lowest BCUT2D eigenvalue weighted by Gasteiger charge is -2.46. The largest absolute Gasteiger partial charge is 0.312 e. The Labute approximate surface area is 123 Å². The minimum Gasteiger partial charge on any atom is -0.312 e. The lowest BCUT2D eigenvalue weighted by atomic mass is 9.74. The molecule has 5 nitrogen and oxygen atoms in total. The molecule has 2 unspecified atom stereocenters. The lowest BCUT2D eigenvalue weighted by molar-refractivity contribution is -0.590. The Morgan fingerprint density at radius 2 is 1.71 bits per heavy atom. The first-order valence-electron chi connectivity index (χ1n) is 7.55. The van der Waals surface area contributed by atoms with Crippen molar-refractivity contribution < 1.29 is 24.3 Å². The first-order chi connectivity index (χ1) is 10.1. The standard InChI is InChI=1S/C16H20O5/c1-15(2)20-18-13-11-7-3-4-8-12(11)16(9-5-6-10-16)14(17-13)19-21-15/h3-4,7-8,13-14H,5-6,9-10H2,1-2H3. The van der Waals surface area contributed by atoms with Gasteiger partial charge in [0.2, 0.25) is 18.4 Å². The van der Waals surface area contributed by atoms with Crippen molar-refractivity contribution in [3.63, 3.8) is 0 Å². The van der Waals surface area contributed by atoms with Crippen LogP contribution in [0.25, 0.3) is 0 Å². The molecule has 1 saturated carbocycles. The lowest BCUT2D eigenvalue weighted by Crippen LogP contribution is -2.50. The molecule has 114 valence electrons. The molecule has 4 rings (SSSR count). The summed E-state index contributed by atoms with van der Waals surface area (Å²) in [6.07, 6.45) is 3.35. The topological polar surface area (TPSA) is 46.2 Å². The fourth-order valence-corrected chi connectivity index (χ4v) is 3.63. The van der Waals surface area contributed by atoms with Crippen LogP contribution in [0.2, 0.25) is 0 Å². The molecule has 1 aromatic carbocycles. The highest BCUT2D eigenvalue weighted by Crippen LogP contribution is 2.53. The monoisotopic (exact) mass is 292 g/mol. The third-order valence-electron chi connectivity index (χ3n) is 4.62. The SMILES string of the molecule is CC1(C)OOC2OC(OO1)C1(CCCC1)c1ccccc12. The van der Waals surface area contributed by atoms with Crippen LogP contribution in [0.4, 0.5) is 0 Å². The van der Waals surface area contributed by atoms with Crippen LogP contribution in [0, 0.1) is 0 Å². The van der Waals surface area contributed by atoms with Gasteiger partial charge in [-0.2, -0.15) is 14.7 Å². The summed E-state index contributed by atoms with van der Waals surface area (Å²) in [7, 11) is 0. The van der Waals surface area contributed by atoms with Gasteiger partial charge >= 0.3 is 0 Å². The van der Waals surface area contributed by atoms with Gasteiger partial charge < -0.3 is 4.74 Å². The Morgan fingerprint density at radius 3 is 2.52 bits per heavy atom. The molecule has 0 N–H and O–H groups in total. The van der Waals surface area contributed by atoms with E-state index in [2.05, 4.69) is 12.1 Å². The van der Waals surface area contributed by atoms with Gasteiger partial charge in [0.15, 0.2) is 0 Å². The van der Waals surface area contributed by atoms with E-state index >= 15 is 0 Å². The van der Waals surface area contributed by atoms with E-state index in [-0.39, 0.29) is 5.41 Å². The molecule has 3 aliphatic rings. The van der Waals surface area contributed by atoms with Crippen LogP contribution in [0.1, 0.15) is 56.9 Å². The molecule has 1 saturated heterocycles. The number of rotatable bonds is 0.